The Morgan fingerprint density at radius 1 is 1.12 bits per heavy atom. The van der Waals surface area contributed by atoms with Gasteiger partial charge in [-0.1, -0.05) is 57.9 Å². The molecular formula is C31H50O2. The van der Waals surface area contributed by atoms with Gasteiger partial charge < -0.3 is 4.74 Å². The first-order valence-electron chi connectivity index (χ1n) is 14.1. The molecule has 2 heteroatoms. The number of allylic oxidation sites excluding steroid dienone is 3. The second-order valence-electron chi connectivity index (χ2n) is 13.0. The molecule has 0 aliphatic heterocycles. The van der Waals surface area contributed by atoms with Crippen LogP contribution in [0.25, 0.3) is 0 Å². The maximum atomic E-state index is 11.5. The van der Waals surface area contributed by atoms with E-state index in [0.29, 0.717) is 16.7 Å². The molecule has 186 valence electrons. The molecule has 33 heavy (non-hydrogen) atoms. The molecule has 2 nitrogen and oxygen atoms in total. The molecule has 0 bridgehead atoms. The molecule has 3 saturated carbocycles. The van der Waals surface area contributed by atoms with Crippen LogP contribution in [0.2, 0.25) is 0 Å². The van der Waals surface area contributed by atoms with Gasteiger partial charge in [0.2, 0.25) is 0 Å². The number of hydrogen-bond donors (Lipinski definition) is 0. The third-order valence-electron chi connectivity index (χ3n) is 11.2. The summed E-state index contributed by atoms with van der Waals surface area (Å²) in [5, 5.41) is 0. The van der Waals surface area contributed by atoms with E-state index >= 15 is 0 Å². The predicted molar refractivity (Wildman–Crippen MR) is 138 cm³/mol. The van der Waals surface area contributed by atoms with E-state index in [9.17, 15) is 4.79 Å². The Morgan fingerprint density at radius 3 is 2.55 bits per heavy atom. The van der Waals surface area contributed by atoms with E-state index in [-0.39, 0.29) is 12.1 Å². The van der Waals surface area contributed by atoms with Crippen LogP contribution in [-0.4, -0.2) is 12.1 Å². The predicted octanol–water partition coefficient (Wildman–Crippen LogP) is 8.52. The van der Waals surface area contributed by atoms with Crippen molar-refractivity contribution in [2.24, 2.45) is 46.3 Å². The van der Waals surface area contributed by atoms with E-state index in [0.717, 1.165) is 42.4 Å². The molecule has 3 fully saturated rings. The van der Waals surface area contributed by atoms with Crippen LogP contribution >= 0.6 is 0 Å². The molecule has 8 atom stereocenters. The minimum Gasteiger partial charge on any atom is -0.462 e. The second-order valence-corrected chi connectivity index (χ2v) is 13.0. The van der Waals surface area contributed by atoms with Gasteiger partial charge in [-0.05, 0) is 111 Å². The van der Waals surface area contributed by atoms with Crippen LogP contribution in [0.4, 0.5) is 0 Å². The summed E-state index contributed by atoms with van der Waals surface area (Å²) >= 11 is 0. The summed E-state index contributed by atoms with van der Waals surface area (Å²) in [5.74, 6) is 4.88. The number of ether oxygens (including phenoxy) is 1. The zero-order chi connectivity index (χ0) is 24.0. The number of carbonyl (C=O) groups excluding carboxylic acids is 1. The molecule has 0 aromatic rings. The maximum absolute atomic E-state index is 11.5. The van der Waals surface area contributed by atoms with Crippen LogP contribution < -0.4 is 0 Å². The number of fused-ring (bicyclic) bond motifs is 5. The molecular weight excluding hydrogens is 404 g/mol. The first-order valence-corrected chi connectivity index (χ1v) is 14.1. The van der Waals surface area contributed by atoms with Crippen LogP contribution in [0.15, 0.2) is 23.3 Å². The minimum atomic E-state index is -0.118. The first-order chi connectivity index (χ1) is 15.6. The smallest absolute Gasteiger partial charge is 0.302 e. The van der Waals surface area contributed by atoms with Crippen LogP contribution in [0, 0.1) is 46.3 Å². The Labute approximate surface area is 204 Å². The summed E-state index contributed by atoms with van der Waals surface area (Å²) in [7, 11) is 0. The van der Waals surface area contributed by atoms with Gasteiger partial charge in [0.15, 0.2) is 0 Å². The van der Waals surface area contributed by atoms with Gasteiger partial charge in [0, 0.05) is 13.3 Å². The number of carbonyl (C=O) groups is 1. The summed E-state index contributed by atoms with van der Waals surface area (Å²) in [5.41, 5.74) is 4.13. The van der Waals surface area contributed by atoms with E-state index in [1.165, 1.54) is 51.4 Å². The molecule has 4 rings (SSSR count). The third-order valence-corrected chi connectivity index (χ3v) is 11.2. The van der Waals surface area contributed by atoms with E-state index in [1.807, 2.05) is 0 Å². The van der Waals surface area contributed by atoms with E-state index in [4.69, 9.17) is 4.74 Å². The van der Waals surface area contributed by atoms with Crippen molar-refractivity contribution in [3.63, 3.8) is 0 Å². The van der Waals surface area contributed by atoms with Gasteiger partial charge in [-0.2, -0.15) is 0 Å². The average molecular weight is 455 g/mol. The molecule has 4 aliphatic rings. The van der Waals surface area contributed by atoms with Gasteiger partial charge in [0.25, 0.3) is 0 Å². The van der Waals surface area contributed by atoms with Gasteiger partial charge in [0.1, 0.15) is 6.10 Å². The highest BCUT2D eigenvalue weighted by Crippen LogP contribution is 2.67. The van der Waals surface area contributed by atoms with Gasteiger partial charge in [-0.3, -0.25) is 4.79 Å². The van der Waals surface area contributed by atoms with Crippen molar-refractivity contribution in [3.05, 3.63) is 23.3 Å². The standard InChI is InChI=1S/C31H50O2/c1-8-23(20(2)3)10-9-21(4)27-13-14-28-26-12-11-24-19-25(33-22(5)32)15-17-30(24,6)29(26)16-18-31(27,28)7/h8,11,20-21,25-29H,9-10,12-19H2,1-7H3/b23-8-/t21-,25+,26+,27-,28+,29+,30+,31-/m1/s1. The van der Waals surface area contributed by atoms with Crippen LogP contribution in [0.3, 0.4) is 0 Å². The van der Waals surface area contributed by atoms with Crippen molar-refractivity contribution < 1.29 is 9.53 Å². The lowest BCUT2D eigenvalue weighted by atomic mass is 9.47. The van der Waals surface area contributed by atoms with Crippen molar-refractivity contribution in [2.75, 3.05) is 0 Å². The van der Waals surface area contributed by atoms with Gasteiger partial charge in [-0.15, -0.1) is 0 Å². The Balaban J connectivity index is 1.47. The van der Waals surface area contributed by atoms with Crippen molar-refractivity contribution in [1.29, 1.82) is 0 Å². The quantitative estimate of drug-likeness (QED) is 0.297. The number of hydrogen-bond acceptors (Lipinski definition) is 2. The Hall–Kier alpha value is -1.05. The van der Waals surface area contributed by atoms with Crippen molar-refractivity contribution in [1.82, 2.24) is 0 Å². The summed E-state index contributed by atoms with van der Waals surface area (Å²) in [6, 6.07) is 0. The number of esters is 1. The van der Waals surface area contributed by atoms with Crippen molar-refractivity contribution in [3.8, 4) is 0 Å². The average Bonchev–Trinajstić information content (AvgIpc) is 3.11. The fraction of sp³-hybridized carbons (Fsp3) is 0.839. The van der Waals surface area contributed by atoms with Gasteiger partial charge in [-0.25, -0.2) is 0 Å². The minimum absolute atomic E-state index is 0.108. The van der Waals surface area contributed by atoms with Gasteiger partial charge >= 0.3 is 5.97 Å². The molecule has 0 radical (unpaired) electrons. The topological polar surface area (TPSA) is 26.3 Å². The normalized spacial score (nSPS) is 41.6. The first kappa shape index (κ1) is 25.1. The second kappa shape index (κ2) is 9.54. The summed E-state index contributed by atoms with van der Waals surface area (Å²) < 4.78 is 5.63. The van der Waals surface area contributed by atoms with Crippen LogP contribution in [0.1, 0.15) is 113 Å². The molecule has 0 saturated heterocycles. The molecule has 0 heterocycles. The third kappa shape index (κ3) is 4.50. The van der Waals surface area contributed by atoms with Crippen LogP contribution in [-0.2, 0) is 9.53 Å². The Bertz CT molecular complexity index is 791. The van der Waals surface area contributed by atoms with Gasteiger partial charge in [0.05, 0.1) is 0 Å². The summed E-state index contributed by atoms with van der Waals surface area (Å²) in [6.07, 6.45) is 17.9. The Kier molecular flexibility index (Phi) is 7.24. The Morgan fingerprint density at radius 2 is 1.88 bits per heavy atom. The SMILES string of the molecule is C/C=C(/CC[C@@H](C)[C@H]1CC[C@H]2[C@@H]3CC=C4C[C@@H](OC(C)=O)CC[C@]4(C)[C@H]3CC[C@]12C)C(C)C. The van der Waals surface area contributed by atoms with E-state index < -0.39 is 0 Å². The highest BCUT2D eigenvalue weighted by Gasteiger charge is 2.59. The summed E-state index contributed by atoms with van der Waals surface area (Å²) in [6.45, 7) is 16.3. The van der Waals surface area contributed by atoms with Crippen molar-refractivity contribution in [2.45, 2.75) is 119 Å². The van der Waals surface area contributed by atoms with Crippen LogP contribution in [0.5, 0.6) is 0 Å². The fourth-order valence-corrected chi connectivity index (χ4v) is 9.30. The molecule has 0 aromatic heterocycles. The molecule has 0 unspecified atom stereocenters. The zero-order valence-electron chi connectivity index (χ0n) is 22.6. The van der Waals surface area contributed by atoms with E-state index in [2.05, 4.69) is 53.7 Å². The molecule has 0 aromatic carbocycles. The van der Waals surface area contributed by atoms with Crippen molar-refractivity contribution >= 4 is 5.97 Å². The lowest BCUT2D eigenvalue weighted by Gasteiger charge is -2.58. The maximum Gasteiger partial charge on any atom is 0.302 e. The zero-order valence-corrected chi connectivity index (χ0v) is 22.6. The lowest BCUT2D eigenvalue weighted by Crippen LogP contribution is -2.51. The largest absolute Gasteiger partial charge is 0.462 e. The molecule has 0 amide bonds. The molecule has 0 spiro atoms. The summed E-state index contributed by atoms with van der Waals surface area (Å²) in [4.78, 5) is 11.5. The highest BCUT2D eigenvalue weighted by atomic mass is 16.5. The lowest BCUT2D eigenvalue weighted by molar-refractivity contribution is -0.148. The molecule has 4 aliphatic carbocycles. The number of rotatable bonds is 6. The molecule has 0 N–H and O–H groups in total. The van der Waals surface area contributed by atoms with E-state index in [1.54, 1.807) is 18.1 Å². The fourth-order valence-electron chi connectivity index (χ4n) is 9.30. The monoisotopic (exact) mass is 454 g/mol. The highest BCUT2D eigenvalue weighted by molar-refractivity contribution is 5.66.